The minimum Gasteiger partial charge on any atom is -0.377 e. The molecule has 5 nitrogen and oxygen atoms in total. The molecule has 0 spiro atoms. The summed E-state index contributed by atoms with van der Waals surface area (Å²) in [5.41, 5.74) is 0.665. The van der Waals surface area contributed by atoms with Gasteiger partial charge in [0.15, 0.2) is 0 Å². The molecular weight excluding hydrogens is 237 g/mol. The molecule has 1 N–H and O–H groups in total. The van der Waals surface area contributed by atoms with Crippen LogP contribution in [0.15, 0.2) is 42.6 Å². The lowest BCUT2D eigenvalue weighted by molar-refractivity contribution is -0.384. The Morgan fingerprint density at radius 3 is 2.83 bits per heavy atom. The van der Waals surface area contributed by atoms with E-state index in [1.54, 1.807) is 18.3 Å². The molecule has 18 heavy (non-hydrogen) atoms. The van der Waals surface area contributed by atoms with E-state index in [9.17, 15) is 14.5 Å². The van der Waals surface area contributed by atoms with Gasteiger partial charge in [0.05, 0.1) is 22.8 Å². The van der Waals surface area contributed by atoms with E-state index in [0.29, 0.717) is 6.54 Å². The van der Waals surface area contributed by atoms with Crippen LogP contribution in [0.4, 0.5) is 15.8 Å². The van der Waals surface area contributed by atoms with E-state index in [0.717, 1.165) is 23.9 Å². The predicted octanol–water partition coefficient (Wildman–Crippen LogP) is 2.74. The molecular formula is C12H10FN3O2. The maximum absolute atomic E-state index is 13.4. The zero-order valence-electron chi connectivity index (χ0n) is 9.34. The highest BCUT2D eigenvalue weighted by Crippen LogP contribution is 2.21. The molecule has 0 saturated carbocycles. The Morgan fingerprint density at radius 1 is 1.33 bits per heavy atom. The summed E-state index contributed by atoms with van der Waals surface area (Å²) in [5.74, 6) is -0.531. The minimum absolute atomic E-state index is 0.0925. The number of halogens is 1. The van der Waals surface area contributed by atoms with Crippen LogP contribution < -0.4 is 5.32 Å². The Kier molecular flexibility index (Phi) is 3.47. The molecule has 1 aromatic heterocycles. The number of non-ortho nitro benzene ring substituents is 1. The fourth-order valence-corrected chi connectivity index (χ4v) is 1.45. The van der Waals surface area contributed by atoms with Crippen molar-refractivity contribution >= 4 is 11.4 Å². The zero-order chi connectivity index (χ0) is 13.0. The molecule has 1 heterocycles. The van der Waals surface area contributed by atoms with E-state index in [-0.39, 0.29) is 11.4 Å². The Balaban J connectivity index is 2.14. The van der Waals surface area contributed by atoms with Gasteiger partial charge in [-0.1, -0.05) is 6.07 Å². The van der Waals surface area contributed by atoms with Crippen molar-refractivity contribution in [2.75, 3.05) is 5.32 Å². The standard InChI is InChI=1S/C12H10FN3O2/c13-11-5-4-10(16(17)18)7-12(11)15-8-9-3-1-2-6-14-9/h1-7,15H,8H2. The fourth-order valence-electron chi connectivity index (χ4n) is 1.45. The van der Waals surface area contributed by atoms with E-state index in [2.05, 4.69) is 10.3 Å². The predicted molar refractivity (Wildman–Crippen MR) is 64.6 cm³/mol. The van der Waals surface area contributed by atoms with Crippen molar-refractivity contribution in [1.29, 1.82) is 0 Å². The van der Waals surface area contributed by atoms with E-state index in [4.69, 9.17) is 0 Å². The van der Waals surface area contributed by atoms with Crippen LogP contribution in [0.2, 0.25) is 0 Å². The highest BCUT2D eigenvalue weighted by molar-refractivity contribution is 5.52. The molecule has 0 aliphatic carbocycles. The number of nitrogens with zero attached hydrogens (tertiary/aromatic N) is 2. The van der Waals surface area contributed by atoms with Crippen LogP contribution in [0.3, 0.4) is 0 Å². The van der Waals surface area contributed by atoms with Crippen LogP contribution in [-0.2, 0) is 6.54 Å². The van der Waals surface area contributed by atoms with Gasteiger partial charge in [0, 0.05) is 18.3 Å². The van der Waals surface area contributed by atoms with Gasteiger partial charge in [-0.25, -0.2) is 4.39 Å². The second kappa shape index (κ2) is 5.22. The average molecular weight is 247 g/mol. The molecule has 0 bridgehead atoms. The van der Waals surface area contributed by atoms with E-state index in [1.165, 1.54) is 0 Å². The Morgan fingerprint density at radius 2 is 2.17 bits per heavy atom. The second-order valence-electron chi connectivity index (χ2n) is 3.60. The van der Waals surface area contributed by atoms with Gasteiger partial charge in [0.1, 0.15) is 5.82 Å². The van der Waals surface area contributed by atoms with Crippen molar-refractivity contribution < 1.29 is 9.31 Å². The van der Waals surface area contributed by atoms with Gasteiger partial charge in [0.25, 0.3) is 5.69 Å². The van der Waals surface area contributed by atoms with Crippen molar-refractivity contribution in [2.45, 2.75) is 6.54 Å². The van der Waals surface area contributed by atoms with Gasteiger partial charge in [0.2, 0.25) is 0 Å². The summed E-state index contributed by atoms with van der Waals surface area (Å²) in [6.07, 6.45) is 1.63. The minimum atomic E-state index is -0.564. The second-order valence-corrected chi connectivity index (χ2v) is 3.60. The lowest BCUT2D eigenvalue weighted by Crippen LogP contribution is -2.03. The Bertz CT molecular complexity index is 561. The molecule has 2 aromatic rings. The number of benzene rings is 1. The smallest absolute Gasteiger partial charge is 0.271 e. The molecule has 92 valence electrons. The van der Waals surface area contributed by atoms with Crippen LogP contribution >= 0.6 is 0 Å². The maximum Gasteiger partial charge on any atom is 0.271 e. The molecule has 0 aliphatic heterocycles. The van der Waals surface area contributed by atoms with Crippen molar-refractivity contribution in [3.05, 3.63) is 64.2 Å². The molecule has 0 saturated heterocycles. The first-order chi connectivity index (χ1) is 8.66. The molecule has 0 radical (unpaired) electrons. The van der Waals surface area contributed by atoms with Crippen LogP contribution in [-0.4, -0.2) is 9.91 Å². The number of hydrogen-bond donors (Lipinski definition) is 1. The third-order valence-electron chi connectivity index (χ3n) is 2.35. The Labute approximate surface area is 102 Å². The van der Waals surface area contributed by atoms with Gasteiger partial charge in [-0.3, -0.25) is 15.1 Å². The van der Waals surface area contributed by atoms with Crippen LogP contribution in [0.5, 0.6) is 0 Å². The number of nitro groups is 1. The number of rotatable bonds is 4. The highest BCUT2D eigenvalue weighted by Gasteiger charge is 2.10. The summed E-state index contributed by atoms with van der Waals surface area (Å²) < 4.78 is 13.4. The van der Waals surface area contributed by atoms with Crippen LogP contribution in [0.1, 0.15) is 5.69 Å². The summed E-state index contributed by atoms with van der Waals surface area (Å²) in [6.45, 7) is 0.304. The van der Waals surface area contributed by atoms with E-state index < -0.39 is 10.7 Å². The lowest BCUT2D eigenvalue weighted by Gasteiger charge is -2.06. The normalized spacial score (nSPS) is 10.1. The van der Waals surface area contributed by atoms with Crippen molar-refractivity contribution in [2.24, 2.45) is 0 Å². The molecule has 0 aliphatic rings. The summed E-state index contributed by atoms with van der Waals surface area (Å²) in [7, 11) is 0. The van der Waals surface area contributed by atoms with Crippen molar-refractivity contribution in [3.63, 3.8) is 0 Å². The zero-order valence-corrected chi connectivity index (χ0v) is 9.34. The van der Waals surface area contributed by atoms with Gasteiger partial charge >= 0.3 is 0 Å². The number of nitrogens with one attached hydrogen (secondary N) is 1. The monoisotopic (exact) mass is 247 g/mol. The average Bonchev–Trinajstić information content (AvgIpc) is 2.38. The first-order valence-electron chi connectivity index (χ1n) is 5.24. The molecule has 0 fully saturated rings. The summed E-state index contributed by atoms with van der Waals surface area (Å²) in [4.78, 5) is 14.1. The van der Waals surface area contributed by atoms with Crippen molar-refractivity contribution in [1.82, 2.24) is 4.98 Å². The van der Waals surface area contributed by atoms with Gasteiger partial charge in [-0.05, 0) is 18.2 Å². The van der Waals surface area contributed by atoms with Gasteiger partial charge < -0.3 is 5.32 Å². The third kappa shape index (κ3) is 2.79. The third-order valence-corrected chi connectivity index (χ3v) is 2.35. The number of aromatic nitrogens is 1. The van der Waals surface area contributed by atoms with Crippen LogP contribution in [0, 0.1) is 15.9 Å². The number of pyridine rings is 1. The fraction of sp³-hybridized carbons (Fsp3) is 0.0833. The Hall–Kier alpha value is -2.50. The molecule has 0 unspecified atom stereocenters. The first-order valence-corrected chi connectivity index (χ1v) is 5.24. The largest absolute Gasteiger partial charge is 0.377 e. The summed E-state index contributed by atoms with van der Waals surface area (Å²) in [6, 6.07) is 8.73. The lowest BCUT2D eigenvalue weighted by atomic mass is 10.2. The highest BCUT2D eigenvalue weighted by atomic mass is 19.1. The quantitative estimate of drug-likeness (QED) is 0.666. The molecule has 2 rings (SSSR count). The summed E-state index contributed by atoms with van der Waals surface area (Å²) >= 11 is 0. The molecule has 6 heteroatoms. The van der Waals surface area contributed by atoms with Gasteiger partial charge in [-0.2, -0.15) is 0 Å². The van der Waals surface area contributed by atoms with Crippen molar-refractivity contribution in [3.8, 4) is 0 Å². The topological polar surface area (TPSA) is 68.1 Å². The molecule has 1 aromatic carbocycles. The number of anilines is 1. The van der Waals surface area contributed by atoms with E-state index >= 15 is 0 Å². The summed E-state index contributed by atoms with van der Waals surface area (Å²) in [5, 5.41) is 13.4. The maximum atomic E-state index is 13.4. The number of nitro benzene ring substituents is 1. The van der Waals surface area contributed by atoms with Crippen LogP contribution in [0.25, 0.3) is 0 Å². The number of hydrogen-bond acceptors (Lipinski definition) is 4. The first kappa shape index (κ1) is 12.0. The molecule has 0 amide bonds. The molecule has 0 atom stereocenters. The SMILES string of the molecule is O=[N+]([O-])c1ccc(F)c(NCc2ccccn2)c1. The van der Waals surface area contributed by atoms with Gasteiger partial charge in [-0.15, -0.1) is 0 Å². The van der Waals surface area contributed by atoms with E-state index in [1.807, 2.05) is 6.07 Å².